The second-order valence-electron chi connectivity index (χ2n) is 3.62. The van der Waals surface area contributed by atoms with E-state index in [4.69, 9.17) is 18.0 Å². The third-order valence-electron chi connectivity index (χ3n) is 2.57. The standard InChI is InChI=1S/C9H18N2OS/c10-9(13)6-11-5-3-1-2-4-8(11)7-12/h8,12H,1-7H2,(H2,10,13). The maximum absolute atomic E-state index is 9.17. The molecule has 13 heavy (non-hydrogen) atoms. The topological polar surface area (TPSA) is 49.5 Å². The molecule has 0 saturated carbocycles. The molecule has 4 heteroatoms. The molecule has 1 rings (SSSR count). The summed E-state index contributed by atoms with van der Waals surface area (Å²) in [5.41, 5.74) is 5.50. The molecule has 0 bridgehead atoms. The van der Waals surface area contributed by atoms with E-state index in [1.165, 1.54) is 19.3 Å². The van der Waals surface area contributed by atoms with Gasteiger partial charge in [-0.1, -0.05) is 25.1 Å². The summed E-state index contributed by atoms with van der Waals surface area (Å²) in [6.07, 6.45) is 4.72. The maximum Gasteiger partial charge on any atom is 0.0870 e. The molecule has 3 N–H and O–H groups in total. The zero-order valence-corrected chi connectivity index (χ0v) is 8.72. The molecular weight excluding hydrogens is 184 g/mol. The summed E-state index contributed by atoms with van der Waals surface area (Å²) in [6, 6.07) is 0.268. The Bertz CT molecular complexity index is 175. The molecule has 0 aromatic heterocycles. The van der Waals surface area contributed by atoms with E-state index in [1.54, 1.807) is 0 Å². The van der Waals surface area contributed by atoms with Gasteiger partial charge in [0.1, 0.15) is 0 Å². The predicted octanol–water partition coefficient (Wildman–Crippen LogP) is 0.509. The molecule has 76 valence electrons. The molecule has 1 saturated heterocycles. The maximum atomic E-state index is 9.17. The highest BCUT2D eigenvalue weighted by Gasteiger charge is 2.20. The Morgan fingerprint density at radius 2 is 2.23 bits per heavy atom. The van der Waals surface area contributed by atoms with Crippen LogP contribution in [0.1, 0.15) is 25.7 Å². The first-order valence-corrected chi connectivity index (χ1v) is 5.28. The number of hydrogen-bond donors (Lipinski definition) is 2. The third kappa shape index (κ3) is 3.58. The van der Waals surface area contributed by atoms with Gasteiger partial charge in [-0.3, -0.25) is 4.90 Å². The molecule has 1 atom stereocenters. The van der Waals surface area contributed by atoms with Crippen molar-refractivity contribution in [2.75, 3.05) is 19.7 Å². The highest BCUT2D eigenvalue weighted by atomic mass is 32.1. The summed E-state index contributed by atoms with van der Waals surface area (Å²) in [6.45, 7) is 1.89. The lowest BCUT2D eigenvalue weighted by Gasteiger charge is -2.27. The van der Waals surface area contributed by atoms with Gasteiger partial charge in [0, 0.05) is 12.6 Å². The van der Waals surface area contributed by atoms with Crippen molar-refractivity contribution in [2.45, 2.75) is 31.7 Å². The van der Waals surface area contributed by atoms with Crippen LogP contribution < -0.4 is 5.73 Å². The zero-order chi connectivity index (χ0) is 9.68. The number of aliphatic hydroxyl groups excluding tert-OH is 1. The molecule has 0 amide bonds. The summed E-state index contributed by atoms with van der Waals surface area (Å²) in [5, 5.41) is 9.17. The fourth-order valence-electron chi connectivity index (χ4n) is 1.85. The number of likely N-dealkylation sites (tertiary alicyclic amines) is 1. The van der Waals surface area contributed by atoms with Gasteiger partial charge in [0.2, 0.25) is 0 Å². The number of thiocarbonyl (C=S) groups is 1. The van der Waals surface area contributed by atoms with Crippen molar-refractivity contribution in [3.05, 3.63) is 0 Å². The molecule has 3 nitrogen and oxygen atoms in total. The van der Waals surface area contributed by atoms with E-state index in [0.29, 0.717) is 11.5 Å². The minimum absolute atomic E-state index is 0.225. The number of nitrogens with zero attached hydrogens (tertiary/aromatic N) is 1. The molecule has 1 aliphatic heterocycles. The summed E-state index contributed by atoms with van der Waals surface area (Å²) < 4.78 is 0. The van der Waals surface area contributed by atoms with E-state index in [-0.39, 0.29) is 12.6 Å². The van der Waals surface area contributed by atoms with E-state index in [0.717, 1.165) is 13.0 Å². The van der Waals surface area contributed by atoms with Crippen LogP contribution in [0.4, 0.5) is 0 Å². The van der Waals surface area contributed by atoms with E-state index < -0.39 is 0 Å². The Morgan fingerprint density at radius 3 is 2.85 bits per heavy atom. The lowest BCUT2D eigenvalue weighted by molar-refractivity contribution is 0.139. The van der Waals surface area contributed by atoms with Crippen LogP contribution in [0.3, 0.4) is 0 Å². The molecule has 1 unspecified atom stereocenters. The van der Waals surface area contributed by atoms with Crippen LogP contribution in [0.5, 0.6) is 0 Å². The Morgan fingerprint density at radius 1 is 1.46 bits per heavy atom. The molecule has 1 fully saturated rings. The van der Waals surface area contributed by atoms with Gasteiger partial charge in [0.25, 0.3) is 0 Å². The van der Waals surface area contributed by atoms with Gasteiger partial charge in [-0.15, -0.1) is 0 Å². The summed E-state index contributed by atoms with van der Waals surface area (Å²) in [7, 11) is 0. The van der Waals surface area contributed by atoms with Gasteiger partial charge < -0.3 is 10.8 Å². The van der Waals surface area contributed by atoms with Crippen molar-refractivity contribution < 1.29 is 5.11 Å². The SMILES string of the molecule is NC(=S)CN1CCCCCC1CO. The van der Waals surface area contributed by atoms with Crippen LogP contribution in [0.2, 0.25) is 0 Å². The number of rotatable bonds is 3. The van der Waals surface area contributed by atoms with E-state index >= 15 is 0 Å². The predicted molar refractivity (Wildman–Crippen MR) is 57.7 cm³/mol. The third-order valence-corrected chi connectivity index (χ3v) is 2.70. The monoisotopic (exact) mass is 202 g/mol. The van der Waals surface area contributed by atoms with E-state index in [1.807, 2.05) is 0 Å². The molecule has 0 aromatic carbocycles. The summed E-state index contributed by atoms with van der Waals surface area (Å²) >= 11 is 4.88. The van der Waals surface area contributed by atoms with Gasteiger partial charge in [-0.2, -0.15) is 0 Å². The summed E-state index contributed by atoms with van der Waals surface area (Å²) in [4.78, 5) is 2.73. The first-order chi connectivity index (χ1) is 6.24. The first-order valence-electron chi connectivity index (χ1n) is 4.87. The minimum Gasteiger partial charge on any atom is -0.395 e. The molecule has 0 spiro atoms. The van der Waals surface area contributed by atoms with E-state index in [9.17, 15) is 5.11 Å². The lowest BCUT2D eigenvalue weighted by Crippen LogP contribution is -2.42. The number of aliphatic hydroxyl groups is 1. The minimum atomic E-state index is 0.225. The van der Waals surface area contributed by atoms with Crippen LogP contribution >= 0.6 is 12.2 Å². The molecule has 0 aliphatic carbocycles. The number of hydrogen-bond acceptors (Lipinski definition) is 3. The fourth-order valence-corrected chi connectivity index (χ4v) is 2.02. The molecular formula is C9H18N2OS. The Hall–Kier alpha value is -0.190. The number of nitrogens with two attached hydrogens (primary N) is 1. The van der Waals surface area contributed by atoms with Crippen molar-refractivity contribution in [3.63, 3.8) is 0 Å². The van der Waals surface area contributed by atoms with Gasteiger partial charge in [-0.25, -0.2) is 0 Å². The van der Waals surface area contributed by atoms with Gasteiger partial charge in [0.05, 0.1) is 11.6 Å². The van der Waals surface area contributed by atoms with Gasteiger partial charge >= 0.3 is 0 Å². The van der Waals surface area contributed by atoms with Crippen LogP contribution in [-0.2, 0) is 0 Å². The van der Waals surface area contributed by atoms with Crippen molar-refractivity contribution in [3.8, 4) is 0 Å². The van der Waals surface area contributed by atoms with Crippen LogP contribution in [0.15, 0.2) is 0 Å². The van der Waals surface area contributed by atoms with Crippen molar-refractivity contribution in [1.29, 1.82) is 0 Å². The summed E-state index contributed by atoms with van der Waals surface area (Å²) in [5.74, 6) is 0. The Kier molecular flexibility index (Phi) is 4.62. The normalized spacial score (nSPS) is 25.5. The van der Waals surface area contributed by atoms with Crippen molar-refractivity contribution in [2.24, 2.45) is 5.73 Å². The first kappa shape index (κ1) is 10.9. The highest BCUT2D eigenvalue weighted by Crippen LogP contribution is 2.15. The highest BCUT2D eigenvalue weighted by molar-refractivity contribution is 7.80. The molecule has 0 aromatic rings. The van der Waals surface area contributed by atoms with Gasteiger partial charge in [0.15, 0.2) is 0 Å². The van der Waals surface area contributed by atoms with Crippen LogP contribution in [0, 0.1) is 0 Å². The van der Waals surface area contributed by atoms with Crippen molar-refractivity contribution in [1.82, 2.24) is 4.90 Å². The average Bonchev–Trinajstić information content (AvgIpc) is 2.28. The Labute approximate surface area is 84.9 Å². The average molecular weight is 202 g/mol. The van der Waals surface area contributed by atoms with Crippen LogP contribution in [0.25, 0.3) is 0 Å². The quantitative estimate of drug-likeness (QED) is 0.655. The molecule has 0 radical (unpaired) electrons. The van der Waals surface area contributed by atoms with Crippen LogP contribution in [-0.4, -0.2) is 40.7 Å². The van der Waals surface area contributed by atoms with Crippen molar-refractivity contribution >= 4 is 17.2 Å². The molecule has 1 aliphatic rings. The zero-order valence-electron chi connectivity index (χ0n) is 7.91. The van der Waals surface area contributed by atoms with Gasteiger partial charge in [-0.05, 0) is 19.4 Å². The second-order valence-corrected chi connectivity index (χ2v) is 4.15. The smallest absolute Gasteiger partial charge is 0.0870 e. The fraction of sp³-hybridized carbons (Fsp3) is 0.889. The Balaban J connectivity index is 2.48. The lowest BCUT2D eigenvalue weighted by atomic mass is 10.1. The molecule has 1 heterocycles. The van der Waals surface area contributed by atoms with E-state index in [2.05, 4.69) is 4.90 Å². The largest absolute Gasteiger partial charge is 0.395 e. The second kappa shape index (κ2) is 5.52.